The number of aliphatic hydroxyl groups is 1. The van der Waals surface area contributed by atoms with Gasteiger partial charge in [-0.05, 0) is 18.8 Å². The molecule has 1 fully saturated rings. The fourth-order valence-corrected chi connectivity index (χ4v) is 3.46. The quantitative estimate of drug-likeness (QED) is 0.879. The second-order valence-electron chi connectivity index (χ2n) is 5.45. The molecule has 0 aromatic carbocycles. The Labute approximate surface area is 132 Å². The van der Waals surface area contributed by atoms with E-state index in [1.54, 1.807) is 24.0 Å². The van der Waals surface area contributed by atoms with Gasteiger partial charge in [-0.3, -0.25) is 14.8 Å². The largest absolute Gasteiger partial charge is 0.391 e. The zero-order valence-corrected chi connectivity index (χ0v) is 12.9. The fraction of sp³-hybridized carbons (Fsp3) is 0.467. The number of amides is 1. The minimum Gasteiger partial charge on any atom is -0.391 e. The first-order chi connectivity index (χ1) is 10.7. The average molecular weight is 318 g/mol. The van der Waals surface area contributed by atoms with Gasteiger partial charge in [-0.1, -0.05) is 12.8 Å². The van der Waals surface area contributed by atoms with Gasteiger partial charge in [0.1, 0.15) is 16.4 Å². The molecule has 1 saturated carbocycles. The second-order valence-corrected chi connectivity index (χ2v) is 6.31. The van der Waals surface area contributed by atoms with E-state index in [2.05, 4.69) is 20.3 Å². The van der Waals surface area contributed by atoms with E-state index in [1.165, 1.54) is 24.2 Å². The van der Waals surface area contributed by atoms with E-state index in [0.29, 0.717) is 22.3 Å². The van der Waals surface area contributed by atoms with Crippen molar-refractivity contribution in [2.75, 3.05) is 6.54 Å². The van der Waals surface area contributed by atoms with Gasteiger partial charge >= 0.3 is 0 Å². The minimum atomic E-state index is -0.468. The van der Waals surface area contributed by atoms with Gasteiger partial charge in [-0.2, -0.15) is 0 Å². The van der Waals surface area contributed by atoms with Crippen molar-refractivity contribution in [2.45, 2.75) is 31.8 Å². The van der Waals surface area contributed by atoms with Crippen molar-refractivity contribution in [3.05, 3.63) is 29.7 Å². The number of hydrogen-bond donors (Lipinski definition) is 2. The molecule has 2 heterocycles. The maximum Gasteiger partial charge on any atom is 0.270 e. The lowest BCUT2D eigenvalue weighted by atomic mass is 10.0. The number of aliphatic hydroxyl groups excluding tert-OH is 1. The summed E-state index contributed by atoms with van der Waals surface area (Å²) in [5.74, 6) is 0.0503. The first kappa shape index (κ1) is 15.1. The van der Waals surface area contributed by atoms with Crippen molar-refractivity contribution in [3.8, 4) is 10.7 Å². The topological polar surface area (TPSA) is 88.0 Å². The van der Waals surface area contributed by atoms with Crippen LogP contribution < -0.4 is 5.32 Å². The molecule has 1 atom stereocenters. The number of hydrogen-bond acceptors (Lipinski definition) is 6. The van der Waals surface area contributed by atoms with Crippen LogP contribution in [0.15, 0.2) is 24.0 Å². The summed E-state index contributed by atoms with van der Waals surface area (Å²) in [7, 11) is 0. The van der Waals surface area contributed by atoms with Gasteiger partial charge in [0.25, 0.3) is 5.91 Å². The van der Waals surface area contributed by atoms with Crippen LogP contribution in [0.5, 0.6) is 0 Å². The number of nitrogens with zero attached hydrogens (tertiary/aromatic N) is 3. The van der Waals surface area contributed by atoms with Crippen LogP contribution in [-0.2, 0) is 0 Å². The van der Waals surface area contributed by atoms with Crippen LogP contribution in [0.3, 0.4) is 0 Å². The molecular formula is C15H18N4O2S. The van der Waals surface area contributed by atoms with Crippen molar-refractivity contribution < 1.29 is 9.90 Å². The molecule has 0 spiro atoms. The summed E-state index contributed by atoms with van der Waals surface area (Å²) < 4.78 is 0. The number of nitrogens with one attached hydrogen (secondary N) is 1. The molecule has 0 aliphatic heterocycles. The molecule has 2 aromatic heterocycles. The van der Waals surface area contributed by atoms with Gasteiger partial charge in [0.2, 0.25) is 0 Å². The Balaban J connectivity index is 1.57. The van der Waals surface area contributed by atoms with E-state index >= 15 is 0 Å². The van der Waals surface area contributed by atoms with Crippen molar-refractivity contribution in [1.29, 1.82) is 0 Å². The molecular weight excluding hydrogens is 300 g/mol. The van der Waals surface area contributed by atoms with E-state index < -0.39 is 6.10 Å². The summed E-state index contributed by atoms with van der Waals surface area (Å²) >= 11 is 1.35. The normalized spacial score (nSPS) is 16.6. The summed E-state index contributed by atoms with van der Waals surface area (Å²) in [5.41, 5.74) is 1.00. The van der Waals surface area contributed by atoms with Crippen LogP contribution in [0.25, 0.3) is 10.7 Å². The third-order valence-electron chi connectivity index (χ3n) is 3.93. The van der Waals surface area contributed by atoms with Gasteiger partial charge in [-0.15, -0.1) is 11.3 Å². The molecule has 2 N–H and O–H groups in total. The molecule has 6 nitrogen and oxygen atoms in total. The highest BCUT2D eigenvalue weighted by Crippen LogP contribution is 2.27. The molecule has 0 bridgehead atoms. The Bertz CT molecular complexity index is 625. The molecule has 0 radical (unpaired) electrons. The highest BCUT2D eigenvalue weighted by Gasteiger charge is 2.23. The van der Waals surface area contributed by atoms with Crippen LogP contribution in [0.2, 0.25) is 0 Å². The third-order valence-corrected chi connectivity index (χ3v) is 4.80. The maximum atomic E-state index is 12.1. The predicted octanol–water partition coefficient (Wildman–Crippen LogP) is 1.88. The lowest BCUT2D eigenvalue weighted by molar-refractivity contribution is 0.0837. The highest BCUT2D eigenvalue weighted by atomic mass is 32.1. The molecule has 1 aliphatic carbocycles. The molecule has 3 rings (SSSR count). The summed E-state index contributed by atoms with van der Waals surface area (Å²) in [6.07, 6.45) is 8.76. The van der Waals surface area contributed by atoms with E-state index in [-0.39, 0.29) is 12.5 Å². The number of carbonyl (C=O) groups is 1. The SMILES string of the molecule is O=C(NCC(O)C1CCCC1)c1csc(-c2cnccn2)n1. The summed E-state index contributed by atoms with van der Waals surface area (Å²) in [4.78, 5) is 24.5. The molecule has 22 heavy (non-hydrogen) atoms. The number of aromatic nitrogens is 3. The Morgan fingerprint density at radius 3 is 2.95 bits per heavy atom. The first-order valence-corrected chi connectivity index (χ1v) is 8.30. The number of carbonyl (C=O) groups excluding carboxylic acids is 1. The minimum absolute atomic E-state index is 0.261. The summed E-state index contributed by atoms with van der Waals surface area (Å²) in [5, 5.41) is 15.2. The maximum absolute atomic E-state index is 12.1. The lowest BCUT2D eigenvalue weighted by Gasteiger charge is -2.17. The average Bonchev–Trinajstić information content (AvgIpc) is 3.24. The first-order valence-electron chi connectivity index (χ1n) is 7.42. The lowest BCUT2D eigenvalue weighted by Crippen LogP contribution is -2.35. The molecule has 1 amide bonds. The molecule has 0 saturated heterocycles. The highest BCUT2D eigenvalue weighted by molar-refractivity contribution is 7.13. The van der Waals surface area contributed by atoms with Gasteiger partial charge in [0.15, 0.2) is 0 Å². The van der Waals surface area contributed by atoms with Gasteiger partial charge in [0, 0.05) is 24.3 Å². The zero-order chi connectivity index (χ0) is 15.4. The van der Waals surface area contributed by atoms with Crippen LogP contribution in [0, 0.1) is 5.92 Å². The van der Waals surface area contributed by atoms with Crippen LogP contribution in [0.1, 0.15) is 36.2 Å². The van der Waals surface area contributed by atoms with E-state index in [1.807, 2.05) is 0 Å². The Morgan fingerprint density at radius 2 is 2.23 bits per heavy atom. The van der Waals surface area contributed by atoms with Gasteiger partial charge in [0.05, 0.1) is 12.3 Å². The van der Waals surface area contributed by atoms with Gasteiger partial charge in [-0.25, -0.2) is 4.98 Å². The molecule has 116 valence electrons. The second kappa shape index (κ2) is 6.93. The molecule has 1 aliphatic rings. The van der Waals surface area contributed by atoms with E-state index in [4.69, 9.17) is 0 Å². The molecule has 1 unspecified atom stereocenters. The van der Waals surface area contributed by atoms with Crippen LogP contribution in [0.4, 0.5) is 0 Å². The monoisotopic (exact) mass is 318 g/mol. The fourth-order valence-electron chi connectivity index (χ4n) is 2.70. The van der Waals surface area contributed by atoms with Crippen molar-refractivity contribution in [3.63, 3.8) is 0 Å². The predicted molar refractivity (Wildman–Crippen MR) is 83.4 cm³/mol. The van der Waals surface area contributed by atoms with E-state index in [9.17, 15) is 9.90 Å². The standard InChI is InChI=1S/C15H18N4O2S/c20-13(10-3-1-2-4-10)8-18-14(21)12-9-22-15(19-12)11-7-16-5-6-17-11/h5-7,9-10,13,20H,1-4,8H2,(H,18,21). The van der Waals surface area contributed by atoms with Crippen molar-refractivity contribution in [1.82, 2.24) is 20.3 Å². The molecule has 7 heteroatoms. The number of thiazole rings is 1. The summed E-state index contributed by atoms with van der Waals surface area (Å²) in [6.45, 7) is 0.279. The molecule has 2 aromatic rings. The van der Waals surface area contributed by atoms with Crippen LogP contribution >= 0.6 is 11.3 Å². The number of rotatable bonds is 5. The Hall–Kier alpha value is -1.86. The van der Waals surface area contributed by atoms with Crippen molar-refractivity contribution in [2.24, 2.45) is 5.92 Å². The van der Waals surface area contributed by atoms with E-state index in [0.717, 1.165) is 12.8 Å². The van der Waals surface area contributed by atoms with Gasteiger partial charge < -0.3 is 10.4 Å². The van der Waals surface area contributed by atoms with Crippen molar-refractivity contribution >= 4 is 17.2 Å². The third kappa shape index (κ3) is 3.48. The smallest absolute Gasteiger partial charge is 0.270 e. The summed E-state index contributed by atoms with van der Waals surface area (Å²) in [6, 6.07) is 0. The van der Waals surface area contributed by atoms with Crippen LogP contribution in [-0.4, -0.2) is 38.6 Å². The Kier molecular flexibility index (Phi) is 4.74. The Morgan fingerprint density at radius 1 is 1.41 bits per heavy atom. The zero-order valence-electron chi connectivity index (χ0n) is 12.1.